The van der Waals surface area contributed by atoms with Crippen molar-refractivity contribution in [1.29, 1.82) is 0 Å². The molecule has 76 heavy (non-hydrogen) atoms. The first-order chi connectivity index (χ1) is 34.6. The van der Waals surface area contributed by atoms with Gasteiger partial charge in [-0.15, -0.1) is 0 Å². The van der Waals surface area contributed by atoms with E-state index in [9.17, 15) is 15.3 Å². The molecular weight excluding hydrogens is 956 g/mol. The smallest absolute Gasteiger partial charge is 0.507 e. The number of hydrogen-bond acceptors (Lipinski definition) is 6. The van der Waals surface area contributed by atoms with Crippen LogP contribution in [0.5, 0.6) is 34.5 Å². The van der Waals surface area contributed by atoms with Gasteiger partial charge in [0.2, 0.25) is 0 Å². The molecule has 0 radical (unpaired) electrons. The van der Waals surface area contributed by atoms with Gasteiger partial charge in [-0.1, -0.05) is 231 Å². The lowest BCUT2D eigenvalue weighted by Gasteiger charge is -2.32. The third-order valence-electron chi connectivity index (χ3n) is 14.4. The van der Waals surface area contributed by atoms with Crippen LogP contribution < -0.4 is 13.6 Å². The van der Waals surface area contributed by atoms with E-state index >= 15 is 0 Å². The highest BCUT2D eigenvalue weighted by Gasteiger charge is 2.36. The van der Waals surface area contributed by atoms with E-state index in [1.807, 2.05) is 0 Å². The lowest BCUT2D eigenvalue weighted by atomic mass is 9.81. The molecule has 0 aliphatic heterocycles. The van der Waals surface area contributed by atoms with Crippen LogP contribution in [0, 0.1) is 41.5 Å². The Morgan fingerprint density at radius 1 is 0.276 bits per heavy atom. The zero-order chi connectivity index (χ0) is 57.2. The van der Waals surface area contributed by atoms with Crippen LogP contribution in [0.4, 0.5) is 0 Å². The summed E-state index contributed by atoms with van der Waals surface area (Å²) in [4.78, 5) is 0. The highest BCUT2D eigenvalue weighted by atomic mass is 31.2. The van der Waals surface area contributed by atoms with Crippen molar-refractivity contribution >= 4 is 8.60 Å². The van der Waals surface area contributed by atoms with Crippen molar-refractivity contribution in [2.75, 3.05) is 0 Å². The number of phenolic OH excluding ortho intramolecular Hbond substituents is 3. The number of benzene rings is 6. The summed E-state index contributed by atoms with van der Waals surface area (Å²) < 4.78 is 23.0. The standard InChI is InChI=1S/C69H93O6P/c1-40-25-46(58(70)52(31-40)64(7,8)9)37-49-28-43(4)34-55(67(16,17)18)61(49)73-76(74-62-50(29-44(5)35-56(62)68(19,20)21)38-47-26-41(2)32-53(59(47)71)65(10,11)12)75-63-51(30-45(6)36-57(63)69(22,23)24)39-48-27-42(3)33-54(60(48)72)66(13,14)15/h25-36,70-72H,37-39H2,1-24H3. The molecule has 0 amide bonds. The van der Waals surface area contributed by atoms with Gasteiger partial charge in [0.25, 0.3) is 0 Å². The number of phenols is 3. The van der Waals surface area contributed by atoms with Crippen LogP contribution in [0.15, 0.2) is 72.8 Å². The van der Waals surface area contributed by atoms with Gasteiger partial charge in [0.15, 0.2) is 0 Å². The molecule has 0 aliphatic carbocycles. The topological polar surface area (TPSA) is 88.4 Å². The predicted octanol–water partition coefficient (Wildman–Crippen LogP) is 19.0. The van der Waals surface area contributed by atoms with Crippen LogP contribution in [-0.2, 0) is 51.8 Å². The van der Waals surface area contributed by atoms with Crippen molar-refractivity contribution in [2.24, 2.45) is 0 Å². The summed E-state index contributed by atoms with van der Waals surface area (Å²) in [6, 6.07) is 25.7. The molecule has 6 nitrogen and oxygen atoms in total. The van der Waals surface area contributed by atoms with Crippen LogP contribution in [-0.4, -0.2) is 15.3 Å². The number of hydrogen-bond donors (Lipinski definition) is 3. The van der Waals surface area contributed by atoms with E-state index in [1.54, 1.807) is 0 Å². The summed E-state index contributed by atoms with van der Waals surface area (Å²) in [5.41, 5.74) is 15.3. The third kappa shape index (κ3) is 13.8. The van der Waals surface area contributed by atoms with E-state index in [2.05, 4.69) is 239 Å². The largest absolute Gasteiger partial charge is 0.530 e. The molecule has 0 atom stereocenters. The summed E-state index contributed by atoms with van der Waals surface area (Å²) in [7, 11) is -2.38. The van der Waals surface area contributed by atoms with Crippen molar-refractivity contribution in [2.45, 2.75) is 218 Å². The van der Waals surface area contributed by atoms with Crippen LogP contribution in [0.2, 0.25) is 0 Å². The molecule has 6 aromatic rings. The fourth-order valence-corrected chi connectivity index (χ4v) is 11.7. The Kier molecular flexibility index (Phi) is 16.8. The first-order valence-electron chi connectivity index (χ1n) is 27.4. The summed E-state index contributed by atoms with van der Waals surface area (Å²) >= 11 is 0. The summed E-state index contributed by atoms with van der Waals surface area (Å²) in [6.45, 7) is 51.7. The maximum absolute atomic E-state index is 12.1. The van der Waals surface area contributed by atoms with Gasteiger partial charge in [-0.3, -0.25) is 0 Å². The molecule has 0 aliphatic rings. The molecule has 0 spiro atoms. The minimum Gasteiger partial charge on any atom is -0.507 e. The van der Waals surface area contributed by atoms with Crippen molar-refractivity contribution < 1.29 is 28.9 Å². The molecule has 7 heteroatoms. The van der Waals surface area contributed by atoms with Crippen LogP contribution in [0.25, 0.3) is 0 Å². The van der Waals surface area contributed by atoms with Crippen LogP contribution in [0.3, 0.4) is 0 Å². The Morgan fingerprint density at radius 2 is 0.447 bits per heavy atom. The minimum atomic E-state index is -2.38. The van der Waals surface area contributed by atoms with Crippen LogP contribution in [0.1, 0.15) is 225 Å². The molecule has 0 heterocycles. The molecule has 6 aromatic carbocycles. The van der Waals surface area contributed by atoms with Gasteiger partial charge in [-0.2, -0.15) is 0 Å². The summed E-state index contributed by atoms with van der Waals surface area (Å²) in [6.07, 6.45) is 1.20. The van der Waals surface area contributed by atoms with Crippen molar-refractivity contribution in [1.82, 2.24) is 0 Å². The van der Waals surface area contributed by atoms with Gasteiger partial charge in [0, 0.05) is 36.0 Å². The van der Waals surface area contributed by atoms with Gasteiger partial charge in [0.1, 0.15) is 34.5 Å². The predicted molar refractivity (Wildman–Crippen MR) is 321 cm³/mol. The maximum atomic E-state index is 12.1. The third-order valence-corrected chi connectivity index (χ3v) is 15.4. The molecule has 6 rings (SSSR count). The Labute approximate surface area is 460 Å². The van der Waals surface area contributed by atoms with E-state index in [0.717, 1.165) is 100 Å². The number of aromatic hydroxyl groups is 3. The maximum Gasteiger partial charge on any atom is 0.530 e. The van der Waals surface area contributed by atoms with Crippen LogP contribution >= 0.6 is 8.60 Å². The Morgan fingerprint density at radius 3 is 0.632 bits per heavy atom. The first kappa shape index (κ1) is 59.8. The molecule has 0 bridgehead atoms. The van der Waals surface area contributed by atoms with Crippen molar-refractivity contribution in [3.8, 4) is 34.5 Å². The Balaban J connectivity index is 1.70. The average Bonchev–Trinajstić information content (AvgIpc) is 3.24. The van der Waals surface area contributed by atoms with Gasteiger partial charge < -0.3 is 28.9 Å². The van der Waals surface area contributed by atoms with Crippen molar-refractivity contribution in [3.05, 3.63) is 173 Å². The molecule has 410 valence electrons. The lowest BCUT2D eigenvalue weighted by Crippen LogP contribution is -2.19. The Bertz CT molecular complexity index is 2800. The monoisotopic (exact) mass is 1050 g/mol. The normalized spacial score (nSPS) is 12.9. The van der Waals surface area contributed by atoms with E-state index in [-0.39, 0.29) is 32.5 Å². The number of aryl methyl sites for hydroxylation is 6. The highest BCUT2D eigenvalue weighted by molar-refractivity contribution is 7.43. The SMILES string of the molecule is Cc1cc(Cc2cc(C)cc(C(C)(C)C)c2OP(Oc2c(Cc3cc(C)cc(C(C)(C)C)c3O)cc(C)cc2C(C)(C)C)Oc2c(Cc3cc(C)cc(C(C)(C)C)c3O)cc(C)cc2C(C)(C)C)c(O)c(C(C)(C)C)c1. The van der Waals surface area contributed by atoms with E-state index in [0.29, 0.717) is 53.8 Å². The average molecular weight is 1050 g/mol. The van der Waals surface area contributed by atoms with E-state index in [4.69, 9.17) is 13.6 Å². The fraction of sp³-hybridized carbons (Fsp3) is 0.478. The van der Waals surface area contributed by atoms with E-state index in [1.165, 1.54) is 0 Å². The highest BCUT2D eigenvalue weighted by Crippen LogP contribution is 2.54. The van der Waals surface area contributed by atoms with Gasteiger partial charge in [0.05, 0.1) is 0 Å². The lowest BCUT2D eigenvalue weighted by molar-refractivity contribution is 0.367. The second kappa shape index (κ2) is 21.4. The fourth-order valence-electron chi connectivity index (χ4n) is 10.5. The first-order valence-corrected chi connectivity index (χ1v) is 28.5. The van der Waals surface area contributed by atoms with Crippen molar-refractivity contribution in [3.63, 3.8) is 0 Å². The molecular formula is C69H93O6P. The second-order valence-electron chi connectivity index (χ2n) is 28.4. The van der Waals surface area contributed by atoms with E-state index < -0.39 is 8.60 Å². The van der Waals surface area contributed by atoms with Gasteiger partial charge >= 0.3 is 8.60 Å². The van der Waals surface area contributed by atoms with Gasteiger partial charge in [-0.05, 0) is 124 Å². The minimum absolute atomic E-state index is 0.288. The number of rotatable bonds is 12. The Hall–Kier alpha value is -5.45. The molecule has 0 fully saturated rings. The molecule has 3 N–H and O–H groups in total. The van der Waals surface area contributed by atoms with Gasteiger partial charge in [-0.25, -0.2) is 0 Å². The zero-order valence-corrected chi connectivity index (χ0v) is 52.0. The molecule has 0 saturated heterocycles. The summed E-state index contributed by atoms with van der Waals surface area (Å²) in [5.74, 6) is 2.82. The quantitative estimate of drug-likeness (QED) is 0.106. The molecule has 0 unspecified atom stereocenters. The molecule has 0 aromatic heterocycles. The summed E-state index contributed by atoms with van der Waals surface area (Å²) in [5, 5.41) is 36.3. The zero-order valence-electron chi connectivity index (χ0n) is 51.1. The second-order valence-corrected chi connectivity index (χ2v) is 29.4. The molecule has 0 saturated carbocycles.